The molecule has 1 amide bonds. The first-order valence-corrected chi connectivity index (χ1v) is 7.89. The first-order chi connectivity index (χ1) is 10.00. The van der Waals surface area contributed by atoms with E-state index < -0.39 is 0 Å². The molecule has 4 nitrogen and oxygen atoms in total. The van der Waals surface area contributed by atoms with Crippen molar-refractivity contribution in [3.8, 4) is 0 Å². The summed E-state index contributed by atoms with van der Waals surface area (Å²) in [5, 5.41) is 5.58. The van der Waals surface area contributed by atoms with Gasteiger partial charge in [-0.15, -0.1) is 11.3 Å². The molecule has 0 bridgehead atoms. The van der Waals surface area contributed by atoms with Crippen LogP contribution in [0.3, 0.4) is 0 Å². The van der Waals surface area contributed by atoms with Gasteiger partial charge in [0.25, 0.3) is 5.91 Å². The van der Waals surface area contributed by atoms with Crippen molar-refractivity contribution in [3.63, 3.8) is 0 Å². The minimum atomic E-state index is -0.278. The molecule has 0 aliphatic carbocycles. The molecule has 0 spiro atoms. The van der Waals surface area contributed by atoms with Crippen molar-refractivity contribution >= 4 is 17.2 Å². The van der Waals surface area contributed by atoms with E-state index in [-0.39, 0.29) is 11.4 Å². The fourth-order valence-corrected chi connectivity index (χ4v) is 2.70. The van der Waals surface area contributed by atoms with Gasteiger partial charge in [-0.2, -0.15) is 0 Å². The smallest absolute Gasteiger partial charge is 0.271 e. The van der Waals surface area contributed by atoms with E-state index in [9.17, 15) is 4.79 Å². The summed E-state index contributed by atoms with van der Waals surface area (Å²) in [5.41, 5.74) is 6.97. The summed E-state index contributed by atoms with van der Waals surface area (Å²) in [4.78, 5) is 16.4. The largest absolute Gasteiger partial charge is 0.346 e. The second kappa shape index (κ2) is 6.83. The molecule has 0 fully saturated rings. The molecule has 0 aliphatic heterocycles. The van der Waals surface area contributed by atoms with Gasteiger partial charge in [0.1, 0.15) is 10.7 Å². The molecule has 2 aromatic rings. The number of hydrogen-bond donors (Lipinski definition) is 2. The average Bonchev–Trinajstić information content (AvgIpc) is 2.95. The van der Waals surface area contributed by atoms with E-state index in [1.807, 2.05) is 32.0 Å². The molecular weight excluding hydrogens is 282 g/mol. The Morgan fingerprint density at radius 3 is 2.67 bits per heavy atom. The Labute approximate surface area is 129 Å². The third kappa shape index (κ3) is 4.65. The van der Waals surface area contributed by atoms with Crippen LogP contribution >= 0.6 is 11.3 Å². The molecule has 0 radical (unpaired) electrons. The second-order valence-electron chi connectivity index (χ2n) is 5.65. The summed E-state index contributed by atoms with van der Waals surface area (Å²) in [6.45, 7) is 4.43. The number of carbonyl (C=O) groups is 1. The van der Waals surface area contributed by atoms with Gasteiger partial charge in [-0.05, 0) is 32.3 Å². The van der Waals surface area contributed by atoms with Crippen LogP contribution in [0.1, 0.15) is 41.3 Å². The van der Waals surface area contributed by atoms with Gasteiger partial charge in [-0.3, -0.25) is 4.79 Å². The zero-order chi connectivity index (χ0) is 15.3. The van der Waals surface area contributed by atoms with E-state index in [0.29, 0.717) is 12.2 Å². The van der Waals surface area contributed by atoms with Gasteiger partial charge < -0.3 is 11.1 Å². The summed E-state index contributed by atoms with van der Waals surface area (Å²) in [6.07, 6.45) is 1.80. The van der Waals surface area contributed by atoms with Crippen LogP contribution in [0.2, 0.25) is 0 Å². The molecule has 21 heavy (non-hydrogen) atoms. The highest BCUT2D eigenvalue weighted by Gasteiger charge is 2.22. The maximum Gasteiger partial charge on any atom is 0.271 e. The van der Waals surface area contributed by atoms with Crippen molar-refractivity contribution in [1.29, 1.82) is 0 Å². The predicted octanol–water partition coefficient (Wildman–Crippen LogP) is 2.74. The number of carbonyl (C=O) groups excluding carboxylic acids is 1. The number of nitrogens with two attached hydrogens (primary N) is 1. The Morgan fingerprint density at radius 2 is 2.05 bits per heavy atom. The number of nitrogens with zero attached hydrogens (tertiary/aromatic N) is 1. The lowest BCUT2D eigenvalue weighted by atomic mass is 9.95. The van der Waals surface area contributed by atoms with E-state index in [1.54, 1.807) is 5.38 Å². The zero-order valence-corrected chi connectivity index (χ0v) is 13.2. The van der Waals surface area contributed by atoms with Crippen molar-refractivity contribution in [1.82, 2.24) is 10.3 Å². The van der Waals surface area contributed by atoms with Gasteiger partial charge in [0.15, 0.2) is 0 Å². The first-order valence-electron chi connectivity index (χ1n) is 7.01. The average molecular weight is 303 g/mol. The van der Waals surface area contributed by atoms with Crippen molar-refractivity contribution < 1.29 is 4.79 Å². The molecule has 0 atom stereocenters. The van der Waals surface area contributed by atoms with Crippen molar-refractivity contribution in [3.05, 3.63) is 52.0 Å². The van der Waals surface area contributed by atoms with Crippen molar-refractivity contribution in [2.75, 3.05) is 0 Å². The molecule has 3 N–H and O–H groups in total. The standard InChI is InChI=1S/C16H21N3OS/c1-16(2,9-8-12-6-4-3-5-7-12)19-15(20)13-11-21-14(10-17)18-13/h3-7,11H,8-10,17H2,1-2H3,(H,19,20). The zero-order valence-electron chi connectivity index (χ0n) is 12.4. The fraction of sp³-hybridized carbons (Fsp3) is 0.375. The summed E-state index contributed by atoms with van der Waals surface area (Å²) >= 11 is 1.42. The summed E-state index contributed by atoms with van der Waals surface area (Å²) in [7, 11) is 0. The Balaban J connectivity index is 1.92. The van der Waals surface area contributed by atoms with Gasteiger partial charge >= 0.3 is 0 Å². The Hall–Kier alpha value is -1.72. The first kappa shape index (κ1) is 15.7. The normalized spacial score (nSPS) is 11.4. The minimum absolute atomic E-state index is 0.135. The highest BCUT2D eigenvalue weighted by molar-refractivity contribution is 7.09. The fourth-order valence-electron chi connectivity index (χ4n) is 2.04. The molecule has 1 aromatic heterocycles. The number of nitrogens with one attached hydrogen (secondary N) is 1. The molecular formula is C16H21N3OS. The number of benzene rings is 1. The van der Waals surface area contributed by atoms with Crippen LogP contribution in [0.25, 0.3) is 0 Å². The number of rotatable bonds is 6. The van der Waals surface area contributed by atoms with Gasteiger partial charge in [0.2, 0.25) is 0 Å². The summed E-state index contributed by atoms with van der Waals surface area (Å²) < 4.78 is 0. The highest BCUT2D eigenvalue weighted by atomic mass is 32.1. The molecule has 1 aromatic carbocycles. The molecule has 1 heterocycles. The maximum absolute atomic E-state index is 12.2. The lowest BCUT2D eigenvalue weighted by Crippen LogP contribution is -2.43. The Kier molecular flexibility index (Phi) is 5.09. The van der Waals surface area contributed by atoms with E-state index in [1.165, 1.54) is 16.9 Å². The summed E-state index contributed by atoms with van der Waals surface area (Å²) in [6, 6.07) is 10.3. The molecule has 0 aliphatic rings. The van der Waals surface area contributed by atoms with Crippen LogP contribution in [-0.2, 0) is 13.0 Å². The molecule has 112 valence electrons. The second-order valence-corrected chi connectivity index (χ2v) is 6.60. The number of amides is 1. The van der Waals surface area contributed by atoms with E-state index in [2.05, 4.69) is 22.4 Å². The van der Waals surface area contributed by atoms with Gasteiger partial charge in [-0.1, -0.05) is 30.3 Å². The lowest BCUT2D eigenvalue weighted by molar-refractivity contribution is 0.0904. The maximum atomic E-state index is 12.2. The minimum Gasteiger partial charge on any atom is -0.346 e. The molecule has 0 saturated heterocycles. The summed E-state index contributed by atoms with van der Waals surface area (Å²) in [5.74, 6) is -0.135. The van der Waals surface area contributed by atoms with Crippen LogP contribution < -0.4 is 11.1 Å². The van der Waals surface area contributed by atoms with Crippen LogP contribution in [-0.4, -0.2) is 16.4 Å². The van der Waals surface area contributed by atoms with Crippen LogP contribution in [0, 0.1) is 0 Å². The Bertz CT molecular complexity index is 593. The van der Waals surface area contributed by atoms with Crippen LogP contribution in [0.4, 0.5) is 0 Å². The number of thiazole rings is 1. The Morgan fingerprint density at radius 1 is 1.33 bits per heavy atom. The predicted molar refractivity (Wildman–Crippen MR) is 86.3 cm³/mol. The van der Waals surface area contributed by atoms with Crippen molar-refractivity contribution in [2.45, 2.75) is 38.8 Å². The third-order valence-corrected chi connectivity index (χ3v) is 4.16. The highest BCUT2D eigenvalue weighted by Crippen LogP contribution is 2.15. The van der Waals surface area contributed by atoms with Crippen molar-refractivity contribution in [2.24, 2.45) is 5.73 Å². The molecule has 2 rings (SSSR count). The quantitative estimate of drug-likeness (QED) is 0.862. The van der Waals surface area contributed by atoms with Crippen LogP contribution in [0.15, 0.2) is 35.7 Å². The molecule has 0 unspecified atom stereocenters. The molecule has 5 heteroatoms. The van der Waals surface area contributed by atoms with E-state index in [4.69, 9.17) is 5.73 Å². The topological polar surface area (TPSA) is 68.0 Å². The molecule has 0 saturated carbocycles. The number of aryl methyl sites for hydroxylation is 1. The third-order valence-electron chi connectivity index (χ3n) is 3.29. The van der Waals surface area contributed by atoms with Crippen LogP contribution in [0.5, 0.6) is 0 Å². The number of aromatic nitrogens is 1. The van der Waals surface area contributed by atoms with E-state index >= 15 is 0 Å². The lowest BCUT2D eigenvalue weighted by Gasteiger charge is -2.26. The van der Waals surface area contributed by atoms with Gasteiger partial charge in [0, 0.05) is 17.5 Å². The van der Waals surface area contributed by atoms with E-state index in [0.717, 1.165) is 17.8 Å². The van der Waals surface area contributed by atoms with Gasteiger partial charge in [0.05, 0.1) is 0 Å². The van der Waals surface area contributed by atoms with Gasteiger partial charge in [-0.25, -0.2) is 4.98 Å². The monoisotopic (exact) mass is 303 g/mol. The SMILES string of the molecule is CC(C)(CCc1ccccc1)NC(=O)c1csc(CN)n1. The number of hydrogen-bond acceptors (Lipinski definition) is 4.